The summed E-state index contributed by atoms with van der Waals surface area (Å²) in [5.74, 6) is 2.01. The molecule has 1 aromatic heterocycles. The minimum atomic E-state index is -0.756. The van der Waals surface area contributed by atoms with Gasteiger partial charge in [0.25, 0.3) is 5.91 Å². The van der Waals surface area contributed by atoms with Crippen molar-refractivity contribution in [1.82, 2.24) is 20.8 Å². The minimum Gasteiger partial charge on any atom is -0.340 e. The summed E-state index contributed by atoms with van der Waals surface area (Å²) in [5, 5.41) is 15.4. The zero-order chi connectivity index (χ0) is 17.5. The van der Waals surface area contributed by atoms with E-state index in [1.165, 1.54) is 0 Å². The summed E-state index contributed by atoms with van der Waals surface area (Å²) in [5.41, 5.74) is 0.735. The predicted molar refractivity (Wildman–Crippen MR) is 98.3 cm³/mol. The predicted octanol–water partition coefficient (Wildman–Crippen LogP) is 1.30. The molecule has 132 valence electrons. The normalized spacial score (nSPS) is 18.3. The smallest absolute Gasteiger partial charge is 0.252 e. The lowest BCUT2D eigenvalue weighted by Crippen LogP contribution is -2.43. The number of benzene rings is 1. The topological polar surface area (TPSA) is 98.9 Å². The molecule has 2 amide bonds. The van der Waals surface area contributed by atoms with Gasteiger partial charge >= 0.3 is 0 Å². The Morgan fingerprint density at radius 3 is 2.80 bits per heavy atom. The monoisotopic (exact) mass is 359 g/mol. The number of anilines is 1. The molecule has 1 fully saturated rings. The summed E-state index contributed by atoms with van der Waals surface area (Å²) in [6, 6.07) is 10.3. The second-order valence-corrected chi connectivity index (χ2v) is 6.95. The van der Waals surface area contributed by atoms with Crippen LogP contribution in [0.5, 0.6) is 0 Å². The number of aromatic amines is 1. The number of thioether (sulfide) groups is 1. The zero-order valence-corrected chi connectivity index (χ0v) is 14.5. The first kappa shape index (κ1) is 17.5. The van der Waals surface area contributed by atoms with Crippen molar-refractivity contribution in [3.05, 3.63) is 48.2 Å². The fourth-order valence-corrected chi connectivity index (χ4v) is 3.62. The summed E-state index contributed by atoms with van der Waals surface area (Å²) in [6.07, 6.45) is 1.91. The van der Waals surface area contributed by atoms with Crippen LogP contribution in [0.3, 0.4) is 0 Å². The molecule has 2 atom stereocenters. The molecule has 3 rings (SSSR count). The summed E-state index contributed by atoms with van der Waals surface area (Å²) < 4.78 is 0. The van der Waals surface area contributed by atoms with E-state index in [2.05, 4.69) is 26.1 Å². The number of nitrogens with zero attached hydrogens (tertiary/aromatic N) is 1. The maximum Gasteiger partial charge on any atom is 0.252 e. The number of hydrogen-bond acceptors (Lipinski definition) is 5. The molecule has 8 heteroatoms. The fraction of sp³-hybridized carbons (Fsp3) is 0.353. The summed E-state index contributed by atoms with van der Waals surface area (Å²) in [6.45, 7) is 0.908. The van der Waals surface area contributed by atoms with Crippen molar-refractivity contribution in [3.8, 4) is 0 Å². The second kappa shape index (κ2) is 8.68. The van der Waals surface area contributed by atoms with Crippen molar-refractivity contribution in [1.29, 1.82) is 0 Å². The molecule has 2 heterocycles. The molecule has 25 heavy (non-hydrogen) atoms. The Morgan fingerprint density at radius 2 is 2.12 bits per heavy atom. The Labute approximate surface area is 150 Å². The van der Waals surface area contributed by atoms with E-state index in [9.17, 15) is 9.59 Å². The van der Waals surface area contributed by atoms with Crippen LogP contribution in [-0.2, 0) is 9.59 Å². The lowest BCUT2D eigenvalue weighted by Gasteiger charge is -2.24. The highest BCUT2D eigenvalue weighted by Gasteiger charge is 2.25. The van der Waals surface area contributed by atoms with E-state index < -0.39 is 6.04 Å². The molecule has 4 N–H and O–H groups in total. The van der Waals surface area contributed by atoms with Gasteiger partial charge in [-0.15, -0.1) is 0 Å². The van der Waals surface area contributed by atoms with Crippen molar-refractivity contribution >= 4 is 29.4 Å². The maximum atomic E-state index is 12.6. The number of rotatable bonds is 6. The number of carbonyl (C=O) groups excluding carboxylic acids is 2. The van der Waals surface area contributed by atoms with Gasteiger partial charge in [-0.2, -0.15) is 16.9 Å². The van der Waals surface area contributed by atoms with Gasteiger partial charge in [-0.25, -0.2) is 0 Å². The average molecular weight is 359 g/mol. The quantitative estimate of drug-likeness (QED) is 0.623. The minimum absolute atomic E-state index is 0.144. The van der Waals surface area contributed by atoms with Crippen molar-refractivity contribution in [2.24, 2.45) is 0 Å². The first-order chi connectivity index (χ1) is 12.2. The van der Waals surface area contributed by atoms with E-state index in [4.69, 9.17) is 0 Å². The molecule has 0 radical (unpaired) electrons. The Morgan fingerprint density at radius 1 is 1.28 bits per heavy atom. The molecule has 1 aromatic carbocycles. The fourth-order valence-electron chi connectivity index (χ4n) is 2.67. The zero-order valence-electron chi connectivity index (χ0n) is 13.7. The van der Waals surface area contributed by atoms with Crippen LogP contribution in [0.15, 0.2) is 42.6 Å². The van der Waals surface area contributed by atoms with Crippen LogP contribution >= 0.6 is 11.8 Å². The molecular formula is C17H21N5O2S. The van der Waals surface area contributed by atoms with E-state index in [1.807, 2.05) is 42.1 Å². The van der Waals surface area contributed by atoms with Crippen LogP contribution in [0.2, 0.25) is 0 Å². The lowest BCUT2D eigenvalue weighted by atomic mass is 10.1. The highest BCUT2D eigenvalue weighted by Crippen LogP contribution is 2.16. The Kier molecular flexibility index (Phi) is 6.08. The SMILES string of the molecule is O=C(CC1CSCCN1)NC(C(=O)Nc1ccn[nH]1)c1ccccc1. The Balaban J connectivity index is 1.67. The van der Waals surface area contributed by atoms with Crippen molar-refractivity contribution in [3.63, 3.8) is 0 Å². The van der Waals surface area contributed by atoms with Crippen LogP contribution in [0, 0.1) is 0 Å². The van der Waals surface area contributed by atoms with E-state index >= 15 is 0 Å². The van der Waals surface area contributed by atoms with Crippen molar-refractivity contribution in [2.75, 3.05) is 23.4 Å². The first-order valence-corrected chi connectivity index (χ1v) is 9.33. The standard InChI is InChI=1S/C17H21N5O2S/c23-15(10-13-11-25-9-8-18-13)21-16(12-4-2-1-3-5-12)17(24)20-14-6-7-19-22-14/h1-7,13,16,18H,8-11H2,(H,21,23)(H2,19,20,22,24). The highest BCUT2D eigenvalue weighted by molar-refractivity contribution is 7.99. The van der Waals surface area contributed by atoms with E-state index in [0.717, 1.165) is 23.6 Å². The summed E-state index contributed by atoms with van der Waals surface area (Å²) in [4.78, 5) is 25.1. The number of amides is 2. The number of hydrogen-bond donors (Lipinski definition) is 4. The third-order valence-electron chi connectivity index (χ3n) is 3.89. The molecule has 0 bridgehead atoms. The van der Waals surface area contributed by atoms with Crippen LogP contribution in [0.25, 0.3) is 0 Å². The van der Waals surface area contributed by atoms with E-state index in [1.54, 1.807) is 12.3 Å². The second-order valence-electron chi connectivity index (χ2n) is 5.80. The van der Waals surface area contributed by atoms with E-state index in [-0.39, 0.29) is 17.9 Å². The Bertz CT molecular complexity index is 686. The van der Waals surface area contributed by atoms with Gasteiger partial charge in [-0.3, -0.25) is 14.7 Å². The molecule has 0 saturated carbocycles. The van der Waals surface area contributed by atoms with Gasteiger partial charge in [0.2, 0.25) is 5.91 Å². The van der Waals surface area contributed by atoms with Gasteiger partial charge in [-0.05, 0) is 5.56 Å². The molecule has 7 nitrogen and oxygen atoms in total. The lowest BCUT2D eigenvalue weighted by molar-refractivity contribution is -0.127. The first-order valence-electron chi connectivity index (χ1n) is 8.18. The van der Waals surface area contributed by atoms with Gasteiger partial charge in [0.15, 0.2) is 0 Å². The number of carbonyl (C=O) groups is 2. The summed E-state index contributed by atoms with van der Waals surface area (Å²) in [7, 11) is 0. The van der Waals surface area contributed by atoms with Gasteiger partial charge in [0.05, 0.1) is 6.20 Å². The van der Waals surface area contributed by atoms with Gasteiger partial charge in [-0.1, -0.05) is 30.3 Å². The van der Waals surface area contributed by atoms with Gasteiger partial charge in [0, 0.05) is 36.6 Å². The number of H-pyrrole nitrogens is 1. The van der Waals surface area contributed by atoms with Crippen LogP contribution in [0.1, 0.15) is 18.0 Å². The molecule has 1 aliphatic rings. The van der Waals surface area contributed by atoms with Gasteiger partial charge < -0.3 is 16.0 Å². The van der Waals surface area contributed by atoms with Crippen molar-refractivity contribution < 1.29 is 9.59 Å². The molecule has 1 saturated heterocycles. The van der Waals surface area contributed by atoms with Crippen LogP contribution in [-0.4, -0.2) is 46.1 Å². The third-order valence-corrected chi connectivity index (χ3v) is 5.02. The highest BCUT2D eigenvalue weighted by atomic mass is 32.2. The molecule has 2 unspecified atom stereocenters. The third kappa shape index (κ3) is 5.07. The van der Waals surface area contributed by atoms with Crippen molar-refractivity contribution in [2.45, 2.75) is 18.5 Å². The molecule has 0 spiro atoms. The average Bonchev–Trinajstić information content (AvgIpc) is 3.14. The number of nitrogens with one attached hydrogen (secondary N) is 4. The molecule has 2 aromatic rings. The Hall–Kier alpha value is -2.32. The molecular weight excluding hydrogens is 338 g/mol. The summed E-state index contributed by atoms with van der Waals surface area (Å²) >= 11 is 1.84. The van der Waals surface area contributed by atoms with Crippen LogP contribution in [0.4, 0.5) is 5.82 Å². The van der Waals surface area contributed by atoms with E-state index in [0.29, 0.717) is 12.2 Å². The maximum absolute atomic E-state index is 12.6. The largest absolute Gasteiger partial charge is 0.340 e. The van der Waals surface area contributed by atoms with Crippen LogP contribution < -0.4 is 16.0 Å². The number of aromatic nitrogens is 2. The molecule has 0 aliphatic carbocycles. The van der Waals surface area contributed by atoms with Gasteiger partial charge in [0.1, 0.15) is 11.9 Å². The molecule has 1 aliphatic heterocycles.